The molecular weight excluding hydrogens is 378 g/mol. The SMILES string of the molecule is COc1ccccc1C(=O)COC(=O)C(CCSC)NC(=O)c1ccccc1. The molecule has 0 spiro atoms. The van der Waals surface area contributed by atoms with Crippen molar-refractivity contribution in [1.82, 2.24) is 5.32 Å². The highest BCUT2D eigenvalue weighted by atomic mass is 32.2. The fourth-order valence-electron chi connectivity index (χ4n) is 2.51. The van der Waals surface area contributed by atoms with E-state index in [1.54, 1.807) is 66.4 Å². The quantitative estimate of drug-likeness (QED) is 0.487. The molecule has 2 aromatic carbocycles. The van der Waals surface area contributed by atoms with E-state index in [4.69, 9.17) is 9.47 Å². The molecule has 0 bridgehead atoms. The first kappa shape index (κ1) is 21.5. The van der Waals surface area contributed by atoms with Crippen LogP contribution >= 0.6 is 11.8 Å². The lowest BCUT2D eigenvalue weighted by atomic mass is 10.1. The topological polar surface area (TPSA) is 81.7 Å². The number of nitrogens with one attached hydrogen (secondary N) is 1. The smallest absolute Gasteiger partial charge is 0.329 e. The van der Waals surface area contributed by atoms with Crippen molar-refractivity contribution in [3.8, 4) is 5.75 Å². The lowest BCUT2D eigenvalue weighted by molar-refractivity contribution is -0.144. The molecule has 148 valence electrons. The maximum absolute atomic E-state index is 12.5. The minimum atomic E-state index is -0.828. The molecule has 0 saturated carbocycles. The molecule has 1 unspecified atom stereocenters. The van der Waals surface area contributed by atoms with Gasteiger partial charge in [0.2, 0.25) is 5.78 Å². The van der Waals surface area contributed by atoms with Crippen LogP contribution in [0, 0.1) is 0 Å². The first-order chi connectivity index (χ1) is 13.6. The van der Waals surface area contributed by atoms with Crippen molar-refractivity contribution in [2.24, 2.45) is 0 Å². The summed E-state index contributed by atoms with van der Waals surface area (Å²) < 4.78 is 10.3. The van der Waals surface area contributed by atoms with Crippen molar-refractivity contribution in [3.05, 3.63) is 65.7 Å². The molecule has 28 heavy (non-hydrogen) atoms. The van der Waals surface area contributed by atoms with E-state index in [0.717, 1.165) is 0 Å². The average Bonchev–Trinajstić information content (AvgIpc) is 2.75. The lowest BCUT2D eigenvalue weighted by Gasteiger charge is -2.17. The monoisotopic (exact) mass is 401 g/mol. The van der Waals surface area contributed by atoms with E-state index >= 15 is 0 Å². The van der Waals surface area contributed by atoms with Gasteiger partial charge in [-0.15, -0.1) is 0 Å². The molecule has 2 rings (SSSR count). The molecule has 0 fully saturated rings. The zero-order chi connectivity index (χ0) is 20.4. The van der Waals surface area contributed by atoms with Crippen LogP contribution in [0.1, 0.15) is 27.1 Å². The number of ketones is 1. The standard InChI is InChI=1S/C21H23NO5S/c1-26-19-11-7-6-10-16(19)18(23)14-27-21(25)17(12-13-28-2)22-20(24)15-8-4-3-5-9-15/h3-11,17H,12-14H2,1-2H3,(H,22,24). The third kappa shape index (κ3) is 6.13. The number of thioether (sulfide) groups is 1. The number of hydrogen-bond acceptors (Lipinski definition) is 6. The second-order valence-electron chi connectivity index (χ2n) is 5.90. The number of amides is 1. The number of ether oxygens (including phenoxy) is 2. The Morgan fingerprint density at radius 2 is 1.71 bits per heavy atom. The minimum Gasteiger partial charge on any atom is -0.496 e. The van der Waals surface area contributed by atoms with Crippen molar-refractivity contribution < 1.29 is 23.9 Å². The summed E-state index contributed by atoms with van der Waals surface area (Å²) in [6.45, 7) is -0.420. The summed E-state index contributed by atoms with van der Waals surface area (Å²) in [4.78, 5) is 37.2. The third-order valence-corrected chi connectivity index (χ3v) is 4.63. The van der Waals surface area contributed by atoms with E-state index < -0.39 is 18.6 Å². The number of hydrogen-bond donors (Lipinski definition) is 1. The predicted molar refractivity (Wildman–Crippen MR) is 109 cm³/mol. The molecule has 0 radical (unpaired) electrons. The Morgan fingerprint density at radius 3 is 2.39 bits per heavy atom. The van der Waals surface area contributed by atoms with E-state index in [0.29, 0.717) is 29.1 Å². The second-order valence-corrected chi connectivity index (χ2v) is 6.89. The molecule has 2 aromatic rings. The van der Waals surface area contributed by atoms with Crippen LogP contribution in [-0.2, 0) is 9.53 Å². The zero-order valence-electron chi connectivity index (χ0n) is 15.8. The fourth-order valence-corrected chi connectivity index (χ4v) is 2.98. The number of Topliss-reactive ketones (excluding diaryl/α,β-unsaturated/α-hetero) is 1. The minimum absolute atomic E-state index is 0.340. The number of para-hydroxylation sites is 1. The van der Waals surface area contributed by atoms with E-state index in [1.807, 2.05) is 6.26 Å². The fraction of sp³-hybridized carbons (Fsp3) is 0.286. The molecule has 0 aliphatic rings. The number of carbonyl (C=O) groups excluding carboxylic acids is 3. The number of esters is 1. The Labute approximate surface area is 168 Å². The predicted octanol–water partition coefficient (Wildman–Crippen LogP) is 2.97. The van der Waals surface area contributed by atoms with Gasteiger partial charge >= 0.3 is 5.97 Å². The molecule has 1 N–H and O–H groups in total. The van der Waals surface area contributed by atoms with Crippen LogP contribution in [0.5, 0.6) is 5.75 Å². The summed E-state index contributed by atoms with van der Waals surface area (Å²) in [6.07, 6.45) is 2.31. The number of carbonyl (C=O) groups is 3. The van der Waals surface area contributed by atoms with Gasteiger partial charge in [-0.3, -0.25) is 9.59 Å². The summed E-state index contributed by atoms with van der Waals surface area (Å²) in [7, 11) is 1.47. The van der Waals surface area contributed by atoms with Crippen molar-refractivity contribution in [3.63, 3.8) is 0 Å². The average molecular weight is 401 g/mol. The van der Waals surface area contributed by atoms with Crippen molar-refractivity contribution in [2.75, 3.05) is 25.7 Å². The Kier molecular flexibility index (Phi) is 8.55. The van der Waals surface area contributed by atoms with Crippen molar-refractivity contribution in [1.29, 1.82) is 0 Å². The van der Waals surface area contributed by atoms with E-state index in [-0.39, 0.29) is 11.7 Å². The van der Waals surface area contributed by atoms with Gasteiger partial charge in [0, 0.05) is 5.56 Å². The van der Waals surface area contributed by atoms with Gasteiger partial charge in [0.15, 0.2) is 6.61 Å². The van der Waals surface area contributed by atoms with Gasteiger partial charge in [0.25, 0.3) is 5.91 Å². The summed E-state index contributed by atoms with van der Waals surface area (Å²) in [5.74, 6) is -0.292. The largest absolute Gasteiger partial charge is 0.496 e. The third-order valence-electron chi connectivity index (χ3n) is 3.99. The molecule has 6 nitrogen and oxygen atoms in total. The Hall–Kier alpha value is -2.80. The van der Waals surface area contributed by atoms with E-state index in [2.05, 4.69) is 5.32 Å². The molecular formula is C21H23NO5S. The maximum atomic E-state index is 12.5. The van der Waals surface area contributed by atoms with Crippen LogP contribution in [0.3, 0.4) is 0 Å². The highest BCUT2D eigenvalue weighted by Crippen LogP contribution is 2.18. The van der Waals surface area contributed by atoms with Gasteiger partial charge in [0.1, 0.15) is 11.8 Å². The molecule has 1 atom stereocenters. The van der Waals surface area contributed by atoms with Crippen LogP contribution in [0.15, 0.2) is 54.6 Å². The van der Waals surface area contributed by atoms with Crippen LogP contribution < -0.4 is 10.1 Å². The van der Waals surface area contributed by atoms with E-state index in [9.17, 15) is 14.4 Å². The first-order valence-corrected chi connectivity index (χ1v) is 10.1. The van der Waals surface area contributed by atoms with Crippen molar-refractivity contribution in [2.45, 2.75) is 12.5 Å². The van der Waals surface area contributed by atoms with Gasteiger partial charge in [-0.05, 0) is 42.7 Å². The molecule has 7 heteroatoms. The van der Waals surface area contributed by atoms with Gasteiger partial charge in [-0.1, -0.05) is 30.3 Å². The molecule has 0 aliphatic heterocycles. The van der Waals surface area contributed by atoms with Crippen LogP contribution in [-0.4, -0.2) is 49.4 Å². The van der Waals surface area contributed by atoms with Gasteiger partial charge in [-0.2, -0.15) is 11.8 Å². The zero-order valence-corrected chi connectivity index (χ0v) is 16.7. The van der Waals surface area contributed by atoms with Gasteiger partial charge < -0.3 is 14.8 Å². The van der Waals surface area contributed by atoms with Gasteiger partial charge in [0.05, 0.1) is 12.7 Å². The Bertz CT molecular complexity index is 809. The molecule has 1 amide bonds. The molecule has 0 heterocycles. The highest BCUT2D eigenvalue weighted by Gasteiger charge is 2.24. The number of rotatable bonds is 10. The Morgan fingerprint density at radius 1 is 1.04 bits per heavy atom. The summed E-state index contributed by atoms with van der Waals surface area (Å²) >= 11 is 1.55. The molecule has 0 saturated heterocycles. The summed E-state index contributed by atoms with van der Waals surface area (Å²) in [5.41, 5.74) is 0.793. The second kappa shape index (κ2) is 11.1. The van der Waals surface area contributed by atoms with Crippen LogP contribution in [0.25, 0.3) is 0 Å². The summed E-state index contributed by atoms with van der Waals surface area (Å²) in [5, 5.41) is 2.69. The number of benzene rings is 2. The van der Waals surface area contributed by atoms with Crippen molar-refractivity contribution >= 4 is 29.4 Å². The summed E-state index contributed by atoms with van der Waals surface area (Å²) in [6, 6.07) is 14.5. The number of methoxy groups -OCH3 is 1. The van der Waals surface area contributed by atoms with E-state index in [1.165, 1.54) is 7.11 Å². The van der Waals surface area contributed by atoms with Crippen LogP contribution in [0.4, 0.5) is 0 Å². The maximum Gasteiger partial charge on any atom is 0.329 e. The Balaban J connectivity index is 2.00. The highest BCUT2D eigenvalue weighted by molar-refractivity contribution is 7.98. The van der Waals surface area contributed by atoms with Crippen LogP contribution in [0.2, 0.25) is 0 Å². The first-order valence-electron chi connectivity index (χ1n) is 8.74. The van der Waals surface area contributed by atoms with Gasteiger partial charge in [-0.25, -0.2) is 4.79 Å². The molecule has 0 aliphatic carbocycles. The normalized spacial score (nSPS) is 11.4. The lowest BCUT2D eigenvalue weighted by Crippen LogP contribution is -2.42. The molecule has 0 aromatic heterocycles.